The first-order valence-electron chi connectivity index (χ1n) is 7.88. The smallest absolute Gasteiger partial charge is 0.269 e. The van der Waals surface area contributed by atoms with Gasteiger partial charge in [-0.2, -0.15) is 5.10 Å². The Morgan fingerprint density at radius 3 is 2.71 bits per heavy atom. The number of hydrogen-bond acceptors (Lipinski definition) is 2. The zero-order chi connectivity index (χ0) is 15.5. The summed E-state index contributed by atoms with van der Waals surface area (Å²) in [4.78, 5) is 12.3. The first-order valence-corrected chi connectivity index (χ1v) is 7.88. The molecule has 4 nitrogen and oxygen atoms in total. The number of nitrogens with zero attached hydrogens (tertiary/aromatic N) is 2. The van der Waals surface area contributed by atoms with Gasteiger partial charge in [0.15, 0.2) is 0 Å². The Kier molecular flexibility index (Phi) is 4.86. The van der Waals surface area contributed by atoms with Crippen molar-refractivity contribution in [2.45, 2.75) is 58.3 Å². The van der Waals surface area contributed by atoms with E-state index in [2.05, 4.69) is 37.3 Å². The maximum absolute atomic E-state index is 12.3. The van der Waals surface area contributed by atoms with Crippen molar-refractivity contribution in [3.8, 4) is 0 Å². The number of aryl methyl sites for hydroxylation is 1. The van der Waals surface area contributed by atoms with E-state index in [1.807, 2.05) is 13.1 Å². The van der Waals surface area contributed by atoms with E-state index in [4.69, 9.17) is 0 Å². The fourth-order valence-electron chi connectivity index (χ4n) is 2.61. The van der Waals surface area contributed by atoms with Crippen LogP contribution >= 0.6 is 0 Å². The third kappa shape index (κ3) is 4.19. The van der Waals surface area contributed by atoms with Crippen LogP contribution in [0.2, 0.25) is 0 Å². The first-order chi connectivity index (χ1) is 9.88. The molecular formula is C17H27N3O. The molecule has 2 rings (SSSR count). The number of carbonyl (C=O) groups excluding carboxylic acids is 1. The van der Waals surface area contributed by atoms with Gasteiger partial charge in [-0.25, -0.2) is 0 Å². The number of nitrogens with one attached hydrogen (secondary N) is 1. The van der Waals surface area contributed by atoms with Crippen molar-refractivity contribution in [2.75, 3.05) is 6.54 Å². The van der Waals surface area contributed by atoms with Crippen LogP contribution in [0.3, 0.4) is 0 Å². The molecule has 1 aromatic rings. The lowest BCUT2D eigenvalue weighted by Crippen LogP contribution is -2.26. The number of allylic oxidation sites excluding steroid dienone is 1. The normalized spacial score (nSPS) is 15.7. The summed E-state index contributed by atoms with van der Waals surface area (Å²) in [6.45, 7) is 7.02. The van der Waals surface area contributed by atoms with E-state index in [-0.39, 0.29) is 11.3 Å². The number of rotatable bonds is 4. The average molecular weight is 289 g/mol. The molecule has 0 saturated carbocycles. The lowest BCUT2D eigenvalue weighted by Gasteiger charge is -2.13. The van der Waals surface area contributed by atoms with Crippen LogP contribution < -0.4 is 5.32 Å². The van der Waals surface area contributed by atoms with Gasteiger partial charge in [-0.3, -0.25) is 9.48 Å². The minimum Gasteiger partial charge on any atom is -0.350 e. The molecule has 1 N–H and O–H groups in total. The van der Waals surface area contributed by atoms with Crippen molar-refractivity contribution in [1.82, 2.24) is 15.1 Å². The molecule has 0 spiro atoms. The number of hydrogen-bond donors (Lipinski definition) is 1. The Morgan fingerprint density at radius 1 is 1.38 bits per heavy atom. The Bertz CT molecular complexity index is 535. The van der Waals surface area contributed by atoms with Crippen molar-refractivity contribution in [3.05, 3.63) is 29.1 Å². The summed E-state index contributed by atoms with van der Waals surface area (Å²) in [5.41, 5.74) is 3.04. The molecule has 0 aromatic carbocycles. The summed E-state index contributed by atoms with van der Waals surface area (Å²) in [6.07, 6.45) is 8.28. The average Bonchev–Trinajstić information content (AvgIpc) is 2.82. The van der Waals surface area contributed by atoms with Crippen molar-refractivity contribution in [3.63, 3.8) is 0 Å². The number of aromatic nitrogens is 2. The summed E-state index contributed by atoms with van der Waals surface area (Å²) in [7, 11) is 1.83. The van der Waals surface area contributed by atoms with E-state index < -0.39 is 0 Å². The molecule has 1 aliphatic carbocycles. The van der Waals surface area contributed by atoms with Crippen molar-refractivity contribution in [1.29, 1.82) is 0 Å². The van der Waals surface area contributed by atoms with Crippen LogP contribution in [0, 0.1) is 0 Å². The summed E-state index contributed by atoms with van der Waals surface area (Å²) in [6, 6.07) is 1.90. The van der Waals surface area contributed by atoms with Crippen LogP contribution in [0.15, 0.2) is 17.7 Å². The fourth-order valence-corrected chi connectivity index (χ4v) is 2.61. The zero-order valence-corrected chi connectivity index (χ0v) is 13.7. The van der Waals surface area contributed by atoms with Crippen LogP contribution in [0.5, 0.6) is 0 Å². The Hall–Kier alpha value is -1.58. The number of amides is 1. The molecule has 1 aromatic heterocycles. The number of carbonyl (C=O) groups is 1. The van der Waals surface area contributed by atoms with E-state index in [0.717, 1.165) is 12.1 Å². The Balaban J connectivity index is 1.91. The van der Waals surface area contributed by atoms with Gasteiger partial charge in [0.25, 0.3) is 5.91 Å². The fraction of sp³-hybridized carbons (Fsp3) is 0.647. The molecule has 0 aliphatic heterocycles. The van der Waals surface area contributed by atoms with Gasteiger partial charge in [0.2, 0.25) is 0 Å². The van der Waals surface area contributed by atoms with Gasteiger partial charge < -0.3 is 5.32 Å². The molecule has 0 fully saturated rings. The highest BCUT2D eigenvalue weighted by atomic mass is 16.2. The van der Waals surface area contributed by atoms with Gasteiger partial charge >= 0.3 is 0 Å². The molecule has 21 heavy (non-hydrogen) atoms. The Labute approximate surface area is 127 Å². The maximum Gasteiger partial charge on any atom is 0.269 e. The molecule has 1 aliphatic rings. The summed E-state index contributed by atoms with van der Waals surface area (Å²) >= 11 is 0. The van der Waals surface area contributed by atoms with E-state index in [1.54, 1.807) is 4.68 Å². The maximum atomic E-state index is 12.3. The predicted octanol–water partition coefficient (Wildman–Crippen LogP) is 3.34. The SMILES string of the molecule is Cn1nc(C(C)(C)C)cc1C(=O)NCCC1=CCCCC1. The lowest BCUT2D eigenvalue weighted by atomic mass is 9.92. The van der Waals surface area contributed by atoms with Crippen LogP contribution in [0.25, 0.3) is 0 Å². The second-order valence-electron chi connectivity index (χ2n) is 6.90. The quantitative estimate of drug-likeness (QED) is 0.864. The minimum absolute atomic E-state index is 0.0306. The van der Waals surface area contributed by atoms with E-state index in [9.17, 15) is 4.79 Å². The molecule has 0 saturated heterocycles. The van der Waals surface area contributed by atoms with Gasteiger partial charge in [0.1, 0.15) is 5.69 Å². The topological polar surface area (TPSA) is 46.9 Å². The van der Waals surface area contributed by atoms with Crippen molar-refractivity contribution >= 4 is 5.91 Å². The molecular weight excluding hydrogens is 262 g/mol. The van der Waals surface area contributed by atoms with Gasteiger partial charge in [0, 0.05) is 19.0 Å². The standard InChI is InChI=1S/C17H27N3O/c1-17(2,3)15-12-14(20(4)19-15)16(21)18-11-10-13-8-6-5-7-9-13/h8,12H,5-7,9-11H2,1-4H3,(H,18,21). The molecule has 0 atom stereocenters. The molecule has 4 heteroatoms. The highest BCUT2D eigenvalue weighted by Crippen LogP contribution is 2.21. The van der Waals surface area contributed by atoms with Crippen molar-refractivity contribution in [2.24, 2.45) is 7.05 Å². The molecule has 1 heterocycles. The van der Waals surface area contributed by atoms with Gasteiger partial charge in [-0.05, 0) is 38.2 Å². The van der Waals surface area contributed by atoms with Gasteiger partial charge in [-0.1, -0.05) is 32.4 Å². The second kappa shape index (κ2) is 6.46. The second-order valence-corrected chi connectivity index (χ2v) is 6.90. The zero-order valence-electron chi connectivity index (χ0n) is 13.7. The molecule has 0 radical (unpaired) electrons. The summed E-state index contributed by atoms with van der Waals surface area (Å²) < 4.78 is 1.68. The molecule has 1 amide bonds. The van der Waals surface area contributed by atoms with Crippen molar-refractivity contribution < 1.29 is 4.79 Å². The van der Waals surface area contributed by atoms with Crippen LogP contribution in [-0.2, 0) is 12.5 Å². The third-order valence-corrected chi connectivity index (χ3v) is 4.00. The van der Waals surface area contributed by atoms with E-state index in [1.165, 1.54) is 31.3 Å². The first kappa shape index (κ1) is 15.8. The monoisotopic (exact) mass is 289 g/mol. The van der Waals surface area contributed by atoms with E-state index >= 15 is 0 Å². The van der Waals surface area contributed by atoms with Crippen LogP contribution in [0.1, 0.15) is 69.1 Å². The minimum atomic E-state index is -0.0385. The Morgan fingerprint density at radius 2 is 2.14 bits per heavy atom. The third-order valence-electron chi connectivity index (χ3n) is 4.00. The highest BCUT2D eigenvalue weighted by molar-refractivity contribution is 5.92. The molecule has 116 valence electrons. The largest absolute Gasteiger partial charge is 0.350 e. The summed E-state index contributed by atoms with van der Waals surface area (Å²) in [5.74, 6) is -0.0306. The van der Waals surface area contributed by atoms with Gasteiger partial charge in [-0.15, -0.1) is 0 Å². The highest BCUT2D eigenvalue weighted by Gasteiger charge is 2.21. The predicted molar refractivity (Wildman–Crippen MR) is 85.4 cm³/mol. The van der Waals surface area contributed by atoms with E-state index in [0.29, 0.717) is 12.2 Å². The van der Waals surface area contributed by atoms with Crippen LogP contribution in [-0.4, -0.2) is 22.2 Å². The van der Waals surface area contributed by atoms with Gasteiger partial charge in [0.05, 0.1) is 5.69 Å². The molecule has 0 unspecified atom stereocenters. The lowest BCUT2D eigenvalue weighted by molar-refractivity contribution is 0.0944. The van der Waals surface area contributed by atoms with Crippen LogP contribution in [0.4, 0.5) is 0 Å². The molecule has 0 bridgehead atoms. The summed E-state index contributed by atoms with van der Waals surface area (Å²) in [5, 5.41) is 7.46.